The van der Waals surface area contributed by atoms with Gasteiger partial charge in [-0.15, -0.1) is 0 Å². The second-order valence-corrected chi connectivity index (χ2v) is 4.63. The molecule has 2 rings (SSSR count). The van der Waals surface area contributed by atoms with Gasteiger partial charge in [0.1, 0.15) is 11.6 Å². The zero-order valence-electron chi connectivity index (χ0n) is 12.1. The fourth-order valence-corrected chi connectivity index (χ4v) is 1.90. The van der Waals surface area contributed by atoms with Crippen LogP contribution < -0.4 is 5.32 Å². The standard InChI is InChI=1S/C14H15F2N3O3/c1-19-12(7-9(18-19)3-4-22-2)17-14(21)10-5-8(15)6-11(16)13(10)20/h5-7,20H,3-4H2,1-2H3,(H,17,21). The molecule has 2 aromatic rings. The molecule has 0 unspecified atom stereocenters. The number of aromatic nitrogens is 2. The van der Waals surface area contributed by atoms with E-state index in [1.54, 1.807) is 20.2 Å². The number of phenolic OH excluding ortho intramolecular Hbond substituents is 1. The Morgan fingerprint density at radius 3 is 2.82 bits per heavy atom. The van der Waals surface area contributed by atoms with Crippen molar-refractivity contribution in [3.63, 3.8) is 0 Å². The lowest BCUT2D eigenvalue weighted by Crippen LogP contribution is -2.15. The first-order chi connectivity index (χ1) is 10.4. The van der Waals surface area contributed by atoms with Gasteiger partial charge in [0.05, 0.1) is 17.9 Å². The lowest BCUT2D eigenvalue weighted by Gasteiger charge is -2.07. The van der Waals surface area contributed by atoms with Crippen LogP contribution in [0.15, 0.2) is 18.2 Å². The highest BCUT2D eigenvalue weighted by Crippen LogP contribution is 2.23. The third-order valence-electron chi connectivity index (χ3n) is 3.01. The number of nitrogens with zero attached hydrogens (tertiary/aromatic N) is 2. The first-order valence-corrected chi connectivity index (χ1v) is 6.43. The molecule has 0 aliphatic rings. The van der Waals surface area contributed by atoms with Gasteiger partial charge in [0.15, 0.2) is 11.6 Å². The molecule has 0 saturated carbocycles. The number of carbonyl (C=O) groups excluding carboxylic acids is 1. The van der Waals surface area contributed by atoms with Gasteiger partial charge >= 0.3 is 0 Å². The lowest BCUT2D eigenvalue weighted by atomic mass is 10.1. The molecular weight excluding hydrogens is 296 g/mol. The number of benzene rings is 1. The maximum Gasteiger partial charge on any atom is 0.260 e. The molecule has 2 N–H and O–H groups in total. The average molecular weight is 311 g/mol. The molecule has 0 saturated heterocycles. The molecule has 6 nitrogen and oxygen atoms in total. The highest BCUT2D eigenvalue weighted by Gasteiger charge is 2.18. The number of carbonyl (C=O) groups is 1. The molecule has 22 heavy (non-hydrogen) atoms. The Balaban J connectivity index is 2.20. The summed E-state index contributed by atoms with van der Waals surface area (Å²) in [4.78, 5) is 12.0. The zero-order valence-corrected chi connectivity index (χ0v) is 12.1. The zero-order chi connectivity index (χ0) is 16.3. The summed E-state index contributed by atoms with van der Waals surface area (Å²) in [6.07, 6.45) is 0.556. The molecule has 8 heteroatoms. The maximum absolute atomic E-state index is 13.3. The van der Waals surface area contributed by atoms with Gasteiger partial charge in [0, 0.05) is 32.7 Å². The number of anilines is 1. The minimum atomic E-state index is -1.20. The Bertz CT molecular complexity index is 701. The molecule has 0 aliphatic heterocycles. The van der Waals surface area contributed by atoms with Crippen LogP contribution in [0.3, 0.4) is 0 Å². The minimum absolute atomic E-state index is 0.333. The third-order valence-corrected chi connectivity index (χ3v) is 3.01. The Kier molecular flexibility index (Phi) is 4.71. The SMILES string of the molecule is COCCc1cc(NC(=O)c2cc(F)cc(F)c2O)n(C)n1. The molecule has 1 aromatic heterocycles. The van der Waals surface area contributed by atoms with Crippen LogP contribution in [0.1, 0.15) is 16.1 Å². The van der Waals surface area contributed by atoms with Gasteiger partial charge in [-0.2, -0.15) is 5.10 Å². The molecule has 118 valence electrons. The third kappa shape index (κ3) is 3.40. The number of rotatable bonds is 5. The van der Waals surface area contributed by atoms with E-state index in [1.165, 1.54) is 4.68 Å². The van der Waals surface area contributed by atoms with E-state index in [-0.39, 0.29) is 0 Å². The fraction of sp³-hybridized carbons (Fsp3) is 0.286. The predicted molar refractivity (Wildman–Crippen MR) is 74.8 cm³/mol. The molecular formula is C14H15F2N3O3. The van der Waals surface area contributed by atoms with Gasteiger partial charge < -0.3 is 15.2 Å². The van der Waals surface area contributed by atoms with Crippen LogP contribution in [0.2, 0.25) is 0 Å². The van der Waals surface area contributed by atoms with Gasteiger partial charge in [0.25, 0.3) is 5.91 Å². The summed E-state index contributed by atoms with van der Waals surface area (Å²) in [7, 11) is 3.17. The summed E-state index contributed by atoms with van der Waals surface area (Å²) in [5, 5.41) is 16.1. The van der Waals surface area contributed by atoms with Crippen LogP contribution in [0.4, 0.5) is 14.6 Å². The van der Waals surface area contributed by atoms with Gasteiger partial charge in [-0.1, -0.05) is 0 Å². The monoisotopic (exact) mass is 311 g/mol. The van der Waals surface area contributed by atoms with Crippen LogP contribution in [0, 0.1) is 11.6 Å². The summed E-state index contributed by atoms with van der Waals surface area (Å²) < 4.78 is 32.8. The molecule has 0 bridgehead atoms. The summed E-state index contributed by atoms with van der Waals surface area (Å²) in [6.45, 7) is 0.473. The highest BCUT2D eigenvalue weighted by atomic mass is 19.1. The second-order valence-electron chi connectivity index (χ2n) is 4.63. The van der Waals surface area contributed by atoms with E-state index in [1.807, 2.05) is 0 Å². The quantitative estimate of drug-likeness (QED) is 0.883. The average Bonchev–Trinajstić information content (AvgIpc) is 2.80. The molecule has 0 spiro atoms. The minimum Gasteiger partial charge on any atom is -0.504 e. The van der Waals surface area contributed by atoms with Crippen molar-refractivity contribution < 1.29 is 23.4 Å². The Morgan fingerprint density at radius 2 is 2.14 bits per heavy atom. The number of methoxy groups -OCH3 is 1. The number of hydrogen-bond donors (Lipinski definition) is 2. The van der Waals surface area contributed by atoms with Crippen LogP contribution in [-0.2, 0) is 18.2 Å². The highest BCUT2D eigenvalue weighted by molar-refractivity contribution is 6.05. The number of aromatic hydroxyl groups is 1. The van der Waals surface area contributed by atoms with Crippen LogP contribution in [-0.4, -0.2) is 34.5 Å². The number of nitrogens with one attached hydrogen (secondary N) is 1. The topological polar surface area (TPSA) is 76.4 Å². The van der Waals surface area contributed by atoms with Crippen LogP contribution in [0.25, 0.3) is 0 Å². The van der Waals surface area contributed by atoms with Crippen molar-refractivity contribution in [2.45, 2.75) is 6.42 Å². The number of aryl methyl sites for hydroxylation is 1. The maximum atomic E-state index is 13.3. The van der Waals surface area contributed by atoms with E-state index in [4.69, 9.17) is 4.74 Å². The fourth-order valence-electron chi connectivity index (χ4n) is 1.90. The Labute approximate surface area is 125 Å². The lowest BCUT2D eigenvalue weighted by molar-refractivity contribution is 0.102. The smallest absolute Gasteiger partial charge is 0.260 e. The summed E-state index contributed by atoms with van der Waals surface area (Å²) >= 11 is 0. The predicted octanol–water partition coefficient (Wildman–Crippen LogP) is 1.85. The van der Waals surface area contributed by atoms with E-state index >= 15 is 0 Å². The van der Waals surface area contributed by atoms with Crippen molar-refractivity contribution in [3.05, 3.63) is 41.1 Å². The second kappa shape index (κ2) is 6.52. The molecule has 0 aliphatic carbocycles. The van der Waals surface area contributed by atoms with Gasteiger partial charge in [-0.05, 0) is 6.07 Å². The number of phenols is 1. The normalized spacial score (nSPS) is 10.7. The van der Waals surface area contributed by atoms with Crippen LogP contribution in [0.5, 0.6) is 5.75 Å². The summed E-state index contributed by atoms with van der Waals surface area (Å²) in [6, 6.07) is 2.87. The van der Waals surface area contributed by atoms with E-state index < -0.39 is 28.9 Å². The van der Waals surface area contributed by atoms with E-state index in [0.717, 1.165) is 6.07 Å². The summed E-state index contributed by atoms with van der Waals surface area (Å²) in [5.41, 5.74) is 0.200. The molecule has 1 amide bonds. The van der Waals surface area contributed by atoms with Crippen molar-refractivity contribution in [2.24, 2.45) is 7.05 Å². The number of amides is 1. The van der Waals surface area contributed by atoms with Crippen molar-refractivity contribution >= 4 is 11.7 Å². The van der Waals surface area contributed by atoms with E-state index in [2.05, 4.69) is 10.4 Å². The van der Waals surface area contributed by atoms with E-state index in [9.17, 15) is 18.7 Å². The van der Waals surface area contributed by atoms with Crippen molar-refractivity contribution in [2.75, 3.05) is 19.0 Å². The van der Waals surface area contributed by atoms with Gasteiger partial charge in [-0.25, -0.2) is 8.78 Å². The summed E-state index contributed by atoms with van der Waals surface area (Å²) in [5.74, 6) is -3.56. The van der Waals surface area contributed by atoms with Crippen LogP contribution >= 0.6 is 0 Å². The molecule has 0 radical (unpaired) electrons. The molecule has 1 heterocycles. The number of ether oxygens (including phenoxy) is 1. The van der Waals surface area contributed by atoms with E-state index in [0.29, 0.717) is 30.6 Å². The molecule has 0 fully saturated rings. The Hall–Kier alpha value is -2.48. The number of hydrogen-bond acceptors (Lipinski definition) is 4. The van der Waals surface area contributed by atoms with Crippen molar-refractivity contribution in [3.8, 4) is 5.75 Å². The first kappa shape index (κ1) is 15.9. The van der Waals surface area contributed by atoms with Crippen molar-refractivity contribution in [1.82, 2.24) is 9.78 Å². The van der Waals surface area contributed by atoms with Crippen molar-refractivity contribution in [1.29, 1.82) is 0 Å². The molecule has 0 atom stereocenters. The Morgan fingerprint density at radius 1 is 1.41 bits per heavy atom. The van der Waals surface area contributed by atoms with Gasteiger partial charge in [0.2, 0.25) is 0 Å². The largest absolute Gasteiger partial charge is 0.504 e. The first-order valence-electron chi connectivity index (χ1n) is 6.43. The molecule has 1 aromatic carbocycles. The van der Waals surface area contributed by atoms with Gasteiger partial charge in [-0.3, -0.25) is 9.48 Å². The number of halogens is 2.